The molecule has 0 saturated carbocycles. The van der Waals surface area contributed by atoms with Gasteiger partial charge in [-0.05, 0) is 43.4 Å². The Labute approximate surface area is 90.1 Å². The minimum atomic E-state index is 0.104. The van der Waals surface area contributed by atoms with Crippen LogP contribution >= 0.6 is 12.6 Å². The first-order valence-electron chi connectivity index (χ1n) is 4.70. The van der Waals surface area contributed by atoms with Crippen LogP contribution in [0.4, 0.5) is 5.69 Å². The van der Waals surface area contributed by atoms with Crippen molar-refractivity contribution in [3.8, 4) is 0 Å². The molecular weight excluding hydrogens is 194 g/mol. The van der Waals surface area contributed by atoms with Gasteiger partial charge in [0.25, 0.3) is 0 Å². The molecule has 0 aliphatic rings. The molecule has 1 aromatic rings. The number of Topliss-reactive ketones (excluding diaryl/α,β-unsaturated/α-hetero) is 1. The van der Waals surface area contributed by atoms with Gasteiger partial charge in [-0.15, -0.1) is 0 Å². The zero-order valence-corrected chi connectivity index (χ0v) is 9.18. The monoisotopic (exact) mass is 209 g/mol. The summed E-state index contributed by atoms with van der Waals surface area (Å²) in [5, 5.41) is 3.25. The second-order valence-electron chi connectivity index (χ2n) is 3.14. The molecule has 14 heavy (non-hydrogen) atoms. The molecule has 0 saturated heterocycles. The van der Waals surface area contributed by atoms with Crippen LogP contribution in [-0.2, 0) is 0 Å². The maximum atomic E-state index is 11.0. The van der Waals surface area contributed by atoms with Crippen molar-refractivity contribution in [2.75, 3.05) is 17.6 Å². The predicted octanol–water partition coefficient (Wildman–Crippen LogP) is 2.62. The SMILES string of the molecule is CC(=O)c1ccc(NCCCS)cc1. The Morgan fingerprint density at radius 2 is 2.00 bits per heavy atom. The van der Waals surface area contributed by atoms with Crippen LogP contribution in [0.15, 0.2) is 24.3 Å². The number of carbonyl (C=O) groups excluding carboxylic acids is 1. The molecule has 0 radical (unpaired) electrons. The molecule has 0 amide bonds. The minimum absolute atomic E-state index is 0.104. The van der Waals surface area contributed by atoms with Crippen LogP contribution in [0.5, 0.6) is 0 Å². The number of benzene rings is 1. The van der Waals surface area contributed by atoms with Crippen LogP contribution in [0.3, 0.4) is 0 Å². The first-order valence-corrected chi connectivity index (χ1v) is 5.33. The largest absolute Gasteiger partial charge is 0.385 e. The molecule has 2 nitrogen and oxygen atoms in total. The van der Waals surface area contributed by atoms with E-state index in [-0.39, 0.29) is 5.78 Å². The van der Waals surface area contributed by atoms with Gasteiger partial charge in [-0.1, -0.05) is 0 Å². The van der Waals surface area contributed by atoms with Crippen LogP contribution in [0, 0.1) is 0 Å². The van der Waals surface area contributed by atoms with Crippen molar-refractivity contribution in [3.63, 3.8) is 0 Å². The van der Waals surface area contributed by atoms with Gasteiger partial charge in [-0.25, -0.2) is 0 Å². The van der Waals surface area contributed by atoms with Gasteiger partial charge in [0.15, 0.2) is 5.78 Å². The molecule has 0 heterocycles. The maximum absolute atomic E-state index is 11.0. The van der Waals surface area contributed by atoms with Crippen molar-refractivity contribution in [1.82, 2.24) is 0 Å². The van der Waals surface area contributed by atoms with E-state index in [4.69, 9.17) is 0 Å². The van der Waals surface area contributed by atoms with E-state index in [1.54, 1.807) is 6.92 Å². The number of nitrogens with one attached hydrogen (secondary N) is 1. The van der Waals surface area contributed by atoms with Crippen LogP contribution < -0.4 is 5.32 Å². The topological polar surface area (TPSA) is 29.1 Å². The Hall–Kier alpha value is -0.960. The minimum Gasteiger partial charge on any atom is -0.385 e. The van der Waals surface area contributed by atoms with Gasteiger partial charge in [0.05, 0.1) is 0 Å². The second kappa shape index (κ2) is 5.70. The number of anilines is 1. The van der Waals surface area contributed by atoms with Crippen molar-refractivity contribution < 1.29 is 4.79 Å². The van der Waals surface area contributed by atoms with Crippen molar-refractivity contribution in [3.05, 3.63) is 29.8 Å². The Kier molecular flexibility index (Phi) is 4.53. The molecule has 1 rings (SSSR count). The molecule has 3 heteroatoms. The van der Waals surface area contributed by atoms with Crippen molar-refractivity contribution >= 4 is 24.1 Å². The second-order valence-corrected chi connectivity index (χ2v) is 3.58. The summed E-state index contributed by atoms with van der Waals surface area (Å²) in [6.45, 7) is 2.49. The Balaban J connectivity index is 2.51. The highest BCUT2D eigenvalue weighted by atomic mass is 32.1. The summed E-state index contributed by atoms with van der Waals surface area (Å²) >= 11 is 4.13. The fourth-order valence-corrected chi connectivity index (χ4v) is 1.29. The summed E-state index contributed by atoms with van der Waals surface area (Å²) in [5.74, 6) is 0.991. The average molecular weight is 209 g/mol. The number of hydrogen-bond donors (Lipinski definition) is 2. The van der Waals surface area contributed by atoms with Gasteiger partial charge in [0.1, 0.15) is 0 Å². The summed E-state index contributed by atoms with van der Waals surface area (Å²) in [6, 6.07) is 7.53. The molecule has 0 aliphatic carbocycles. The van der Waals surface area contributed by atoms with E-state index in [9.17, 15) is 4.79 Å². The summed E-state index contributed by atoms with van der Waals surface area (Å²) in [7, 11) is 0. The third-order valence-corrected chi connectivity index (χ3v) is 2.27. The zero-order chi connectivity index (χ0) is 10.4. The smallest absolute Gasteiger partial charge is 0.159 e. The molecule has 0 aliphatic heterocycles. The zero-order valence-electron chi connectivity index (χ0n) is 8.29. The van der Waals surface area contributed by atoms with Crippen molar-refractivity contribution in [2.45, 2.75) is 13.3 Å². The van der Waals surface area contributed by atoms with E-state index in [1.165, 1.54) is 0 Å². The number of thiol groups is 1. The quantitative estimate of drug-likeness (QED) is 0.443. The lowest BCUT2D eigenvalue weighted by atomic mass is 10.1. The fraction of sp³-hybridized carbons (Fsp3) is 0.364. The third-order valence-electron chi connectivity index (χ3n) is 1.96. The number of ketones is 1. The summed E-state index contributed by atoms with van der Waals surface area (Å²) < 4.78 is 0. The standard InChI is InChI=1S/C11H15NOS/c1-9(13)10-3-5-11(6-4-10)12-7-2-8-14/h3-6,12,14H,2,7-8H2,1H3. The number of rotatable bonds is 5. The van der Waals surface area contributed by atoms with E-state index >= 15 is 0 Å². The van der Waals surface area contributed by atoms with E-state index in [1.807, 2.05) is 24.3 Å². The van der Waals surface area contributed by atoms with Crippen LogP contribution in [-0.4, -0.2) is 18.1 Å². The summed E-state index contributed by atoms with van der Waals surface area (Å²) in [4.78, 5) is 11.0. The number of hydrogen-bond acceptors (Lipinski definition) is 3. The average Bonchev–Trinajstić information content (AvgIpc) is 2.19. The summed E-state index contributed by atoms with van der Waals surface area (Å²) in [6.07, 6.45) is 1.04. The van der Waals surface area contributed by atoms with Gasteiger partial charge in [0.2, 0.25) is 0 Å². The van der Waals surface area contributed by atoms with Gasteiger partial charge in [-0.3, -0.25) is 4.79 Å². The predicted molar refractivity (Wildman–Crippen MR) is 63.4 cm³/mol. The number of carbonyl (C=O) groups is 1. The molecule has 0 fully saturated rings. The molecule has 1 N–H and O–H groups in total. The van der Waals surface area contributed by atoms with Crippen LogP contribution in [0.1, 0.15) is 23.7 Å². The molecule has 0 spiro atoms. The van der Waals surface area contributed by atoms with E-state index in [2.05, 4.69) is 17.9 Å². The lowest BCUT2D eigenvalue weighted by molar-refractivity contribution is 0.101. The van der Waals surface area contributed by atoms with Crippen LogP contribution in [0.2, 0.25) is 0 Å². The summed E-state index contributed by atoms with van der Waals surface area (Å²) in [5.41, 5.74) is 1.81. The Morgan fingerprint density at radius 1 is 1.36 bits per heavy atom. The van der Waals surface area contributed by atoms with Gasteiger partial charge < -0.3 is 5.32 Å². The molecular formula is C11H15NOS. The highest BCUT2D eigenvalue weighted by Gasteiger charge is 1.97. The van der Waals surface area contributed by atoms with E-state index < -0.39 is 0 Å². The Morgan fingerprint density at radius 3 is 2.50 bits per heavy atom. The van der Waals surface area contributed by atoms with Crippen LogP contribution in [0.25, 0.3) is 0 Å². The molecule has 0 atom stereocenters. The van der Waals surface area contributed by atoms with Gasteiger partial charge in [-0.2, -0.15) is 12.6 Å². The van der Waals surface area contributed by atoms with Crippen molar-refractivity contribution in [2.24, 2.45) is 0 Å². The first-order chi connectivity index (χ1) is 6.74. The highest BCUT2D eigenvalue weighted by Crippen LogP contribution is 2.09. The fourth-order valence-electron chi connectivity index (χ4n) is 1.13. The normalized spacial score (nSPS) is 9.86. The van der Waals surface area contributed by atoms with Gasteiger partial charge >= 0.3 is 0 Å². The van der Waals surface area contributed by atoms with Crippen molar-refractivity contribution in [1.29, 1.82) is 0 Å². The third kappa shape index (κ3) is 3.42. The maximum Gasteiger partial charge on any atom is 0.159 e. The Bertz CT molecular complexity index is 295. The molecule has 0 unspecified atom stereocenters. The van der Waals surface area contributed by atoms with Gasteiger partial charge in [0, 0.05) is 17.8 Å². The molecule has 76 valence electrons. The molecule has 0 aromatic heterocycles. The highest BCUT2D eigenvalue weighted by molar-refractivity contribution is 7.80. The molecule has 0 bridgehead atoms. The first kappa shape index (κ1) is 11.1. The van der Waals surface area contributed by atoms with E-state index in [0.717, 1.165) is 30.0 Å². The lowest BCUT2D eigenvalue weighted by Gasteiger charge is -2.05. The molecule has 1 aromatic carbocycles. The van der Waals surface area contributed by atoms with E-state index in [0.29, 0.717) is 0 Å². The lowest BCUT2D eigenvalue weighted by Crippen LogP contribution is -2.02.